The van der Waals surface area contributed by atoms with E-state index in [2.05, 4.69) is 20.5 Å². The third-order valence-electron chi connectivity index (χ3n) is 3.19. The number of ether oxygens (including phenoxy) is 1. The van der Waals surface area contributed by atoms with Gasteiger partial charge in [0.05, 0.1) is 12.1 Å². The van der Waals surface area contributed by atoms with Crippen molar-refractivity contribution in [3.63, 3.8) is 0 Å². The minimum absolute atomic E-state index is 0.201. The molecular formula is C13H23N5O2S. The molecule has 1 saturated heterocycles. The summed E-state index contributed by atoms with van der Waals surface area (Å²) in [6, 6.07) is 0. The Balaban J connectivity index is 2.09. The smallest absolute Gasteiger partial charge is 0.265 e. The molecule has 0 spiro atoms. The monoisotopic (exact) mass is 313 g/mol. The average molecular weight is 313 g/mol. The molecule has 0 aromatic carbocycles. The highest BCUT2D eigenvalue weighted by molar-refractivity contribution is 7.18. The van der Waals surface area contributed by atoms with E-state index in [1.54, 1.807) is 7.11 Å². The lowest BCUT2D eigenvalue weighted by molar-refractivity contribution is 0.0824. The van der Waals surface area contributed by atoms with E-state index in [4.69, 9.17) is 10.5 Å². The van der Waals surface area contributed by atoms with Crippen molar-refractivity contribution in [1.82, 2.24) is 15.6 Å². The number of carbonyl (C=O) groups is 1. The highest BCUT2D eigenvalue weighted by Crippen LogP contribution is 2.28. The van der Waals surface area contributed by atoms with Gasteiger partial charge in [-0.3, -0.25) is 4.79 Å². The number of methoxy groups -OCH3 is 1. The fraction of sp³-hybridized carbons (Fsp3) is 0.692. The van der Waals surface area contributed by atoms with Gasteiger partial charge < -0.3 is 26.0 Å². The molecule has 2 heterocycles. The maximum absolute atomic E-state index is 12.3. The molecule has 21 heavy (non-hydrogen) atoms. The topological polar surface area (TPSA) is 92.5 Å². The molecule has 2 rings (SSSR count). The number of piperazine rings is 1. The minimum atomic E-state index is -0.447. The quantitative estimate of drug-likeness (QED) is 0.723. The standard InChI is InChI=1S/C13H23N5O2S/c1-13(2,8-20-3)17-11(19)9-10(14)16-12(21-9)18-6-4-15-5-7-18/h15H,4-8,14H2,1-3H3,(H,17,19). The van der Waals surface area contributed by atoms with Gasteiger partial charge in [0.15, 0.2) is 5.13 Å². The van der Waals surface area contributed by atoms with Gasteiger partial charge in [-0.25, -0.2) is 4.98 Å². The number of nitrogens with one attached hydrogen (secondary N) is 2. The molecule has 0 unspecified atom stereocenters. The minimum Gasteiger partial charge on any atom is -0.382 e. The summed E-state index contributed by atoms with van der Waals surface area (Å²) in [5.74, 6) is 0.0904. The van der Waals surface area contributed by atoms with Crippen molar-refractivity contribution in [1.29, 1.82) is 0 Å². The highest BCUT2D eigenvalue weighted by atomic mass is 32.1. The largest absolute Gasteiger partial charge is 0.382 e. The lowest BCUT2D eigenvalue weighted by Crippen LogP contribution is -2.46. The summed E-state index contributed by atoms with van der Waals surface area (Å²) in [5.41, 5.74) is 5.46. The lowest BCUT2D eigenvalue weighted by Gasteiger charge is -2.26. The van der Waals surface area contributed by atoms with Crippen molar-refractivity contribution >= 4 is 28.2 Å². The number of amides is 1. The van der Waals surface area contributed by atoms with Crippen LogP contribution in [0.25, 0.3) is 0 Å². The van der Waals surface area contributed by atoms with E-state index in [1.165, 1.54) is 11.3 Å². The molecule has 1 aromatic heterocycles. The fourth-order valence-corrected chi connectivity index (χ4v) is 3.17. The number of rotatable bonds is 5. The molecule has 0 saturated carbocycles. The van der Waals surface area contributed by atoms with Gasteiger partial charge in [0.2, 0.25) is 0 Å². The van der Waals surface area contributed by atoms with Crippen LogP contribution in [-0.4, -0.2) is 56.3 Å². The number of hydrogen-bond donors (Lipinski definition) is 3. The molecule has 0 atom stereocenters. The Morgan fingerprint density at radius 2 is 2.19 bits per heavy atom. The summed E-state index contributed by atoms with van der Waals surface area (Å²) in [5, 5.41) is 7.02. The molecule has 1 aliphatic rings. The number of aromatic nitrogens is 1. The van der Waals surface area contributed by atoms with Crippen LogP contribution in [0.4, 0.5) is 10.9 Å². The molecule has 1 aromatic rings. The fourth-order valence-electron chi connectivity index (χ4n) is 2.24. The summed E-state index contributed by atoms with van der Waals surface area (Å²) in [6.45, 7) is 7.84. The Bertz CT molecular complexity index is 497. The van der Waals surface area contributed by atoms with Crippen LogP contribution < -0.4 is 21.3 Å². The van der Waals surface area contributed by atoms with Crippen LogP contribution in [0.3, 0.4) is 0 Å². The first-order valence-electron chi connectivity index (χ1n) is 6.96. The number of nitrogens with zero attached hydrogens (tertiary/aromatic N) is 2. The van der Waals surface area contributed by atoms with Gasteiger partial charge in [0.1, 0.15) is 10.7 Å². The van der Waals surface area contributed by atoms with E-state index in [9.17, 15) is 4.79 Å². The van der Waals surface area contributed by atoms with Gasteiger partial charge in [-0.15, -0.1) is 0 Å². The second-order valence-electron chi connectivity index (χ2n) is 5.72. The first-order valence-corrected chi connectivity index (χ1v) is 7.78. The molecule has 7 nitrogen and oxygen atoms in total. The second-order valence-corrected chi connectivity index (χ2v) is 6.70. The zero-order valence-electron chi connectivity index (χ0n) is 12.7. The van der Waals surface area contributed by atoms with E-state index in [1.807, 2.05) is 13.8 Å². The number of anilines is 2. The predicted molar refractivity (Wildman–Crippen MR) is 85.0 cm³/mol. The van der Waals surface area contributed by atoms with E-state index >= 15 is 0 Å². The molecule has 1 aliphatic heterocycles. The SMILES string of the molecule is COCC(C)(C)NC(=O)c1sc(N2CCNCC2)nc1N. The number of carbonyl (C=O) groups excluding carboxylic acids is 1. The van der Waals surface area contributed by atoms with Crippen LogP contribution in [0, 0.1) is 0 Å². The van der Waals surface area contributed by atoms with E-state index in [0.29, 0.717) is 17.3 Å². The number of nitrogen functional groups attached to an aromatic ring is 1. The second kappa shape index (κ2) is 6.59. The molecule has 1 fully saturated rings. The lowest BCUT2D eigenvalue weighted by atomic mass is 10.1. The van der Waals surface area contributed by atoms with Crippen molar-refractivity contribution in [2.45, 2.75) is 19.4 Å². The summed E-state index contributed by atoms with van der Waals surface area (Å²) < 4.78 is 5.10. The maximum atomic E-state index is 12.3. The van der Waals surface area contributed by atoms with E-state index in [0.717, 1.165) is 31.3 Å². The van der Waals surface area contributed by atoms with Crippen molar-refractivity contribution < 1.29 is 9.53 Å². The molecule has 0 bridgehead atoms. The van der Waals surface area contributed by atoms with Crippen LogP contribution in [0.5, 0.6) is 0 Å². The van der Waals surface area contributed by atoms with Gasteiger partial charge >= 0.3 is 0 Å². The highest BCUT2D eigenvalue weighted by Gasteiger charge is 2.25. The summed E-state index contributed by atoms with van der Waals surface area (Å²) >= 11 is 1.34. The van der Waals surface area contributed by atoms with Crippen molar-refractivity contribution in [2.75, 3.05) is 50.5 Å². The van der Waals surface area contributed by atoms with E-state index in [-0.39, 0.29) is 5.91 Å². The third-order valence-corrected chi connectivity index (χ3v) is 4.32. The van der Waals surface area contributed by atoms with Gasteiger partial charge in [0.25, 0.3) is 5.91 Å². The van der Waals surface area contributed by atoms with E-state index < -0.39 is 5.54 Å². The first-order chi connectivity index (χ1) is 9.93. The van der Waals surface area contributed by atoms with Crippen molar-refractivity contribution in [3.05, 3.63) is 4.88 Å². The molecule has 4 N–H and O–H groups in total. The van der Waals surface area contributed by atoms with Gasteiger partial charge in [-0.1, -0.05) is 11.3 Å². The third kappa shape index (κ3) is 4.05. The maximum Gasteiger partial charge on any atom is 0.265 e. The van der Waals surface area contributed by atoms with Crippen LogP contribution in [0.15, 0.2) is 0 Å². The van der Waals surface area contributed by atoms with Crippen LogP contribution in [0.1, 0.15) is 23.5 Å². The van der Waals surface area contributed by atoms with Crippen LogP contribution >= 0.6 is 11.3 Å². The van der Waals surface area contributed by atoms with Gasteiger partial charge in [-0.2, -0.15) is 0 Å². The van der Waals surface area contributed by atoms with Gasteiger partial charge in [0, 0.05) is 33.3 Å². The molecule has 8 heteroatoms. The number of nitrogens with two attached hydrogens (primary N) is 1. The van der Waals surface area contributed by atoms with Crippen molar-refractivity contribution in [2.24, 2.45) is 0 Å². The van der Waals surface area contributed by atoms with Crippen LogP contribution in [0.2, 0.25) is 0 Å². The predicted octanol–water partition coefficient (Wildman–Crippen LogP) is 0.290. The Labute approximate surface area is 128 Å². The summed E-state index contributed by atoms with van der Waals surface area (Å²) in [6.07, 6.45) is 0. The molecule has 0 aliphatic carbocycles. The summed E-state index contributed by atoms with van der Waals surface area (Å²) in [4.78, 5) is 19.3. The number of hydrogen-bond acceptors (Lipinski definition) is 7. The zero-order chi connectivity index (χ0) is 15.5. The van der Waals surface area contributed by atoms with Crippen molar-refractivity contribution in [3.8, 4) is 0 Å². The molecular weight excluding hydrogens is 290 g/mol. The van der Waals surface area contributed by atoms with Crippen LogP contribution in [-0.2, 0) is 4.74 Å². The van der Waals surface area contributed by atoms with Gasteiger partial charge in [-0.05, 0) is 13.8 Å². The Hall–Kier alpha value is -1.38. The molecule has 1 amide bonds. The zero-order valence-corrected chi connectivity index (χ0v) is 13.5. The summed E-state index contributed by atoms with van der Waals surface area (Å²) in [7, 11) is 1.61. The molecule has 0 radical (unpaired) electrons. The Kier molecular flexibility index (Phi) is 5.02. The normalized spacial score (nSPS) is 16.0. The Morgan fingerprint density at radius 1 is 1.52 bits per heavy atom. The molecule has 118 valence electrons. The Morgan fingerprint density at radius 3 is 2.81 bits per heavy atom. The average Bonchev–Trinajstić information content (AvgIpc) is 2.81. The number of thiazole rings is 1. The first kappa shape index (κ1) is 16.0.